The van der Waals surface area contributed by atoms with Gasteiger partial charge in [-0.1, -0.05) is 19.8 Å². The maximum Gasteiger partial charge on any atom is 0.412 e. The summed E-state index contributed by atoms with van der Waals surface area (Å²) in [5, 5.41) is 2.27. The Hall–Kier alpha value is -2.56. The van der Waals surface area contributed by atoms with E-state index in [1.165, 1.54) is 6.07 Å². The molecule has 28 heavy (non-hydrogen) atoms. The summed E-state index contributed by atoms with van der Waals surface area (Å²) < 4.78 is 43.9. The smallest absolute Gasteiger partial charge is 0.412 e. The van der Waals surface area contributed by atoms with E-state index in [4.69, 9.17) is 9.47 Å². The largest absolute Gasteiger partial charge is 0.463 e. The molecule has 2 rings (SSSR count). The molecule has 1 fully saturated rings. The van der Waals surface area contributed by atoms with E-state index in [0.29, 0.717) is 11.0 Å². The molecule has 1 aliphatic rings. The highest BCUT2D eigenvalue weighted by Crippen LogP contribution is 2.41. The molecule has 0 saturated carbocycles. The number of halogens is 2. The Kier molecular flexibility index (Phi) is 7.44. The third-order valence-corrected chi connectivity index (χ3v) is 3.95. The number of alkyl halides is 2. The number of rotatable bonds is 8. The molecule has 2 unspecified atom stereocenters. The van der Waals surface area contributed by atoms with Crippen LogP contribution in [0.5, 0.6) is 0 Å². The molecule has 2 atom stereocenters. The van der Waals surface area contributed by atoms with E-state index in [1.807, 2.05) is 6.92 Å². The molecular weight excluding hydrogens is 380 g/mol. The van der Waals surface area contributed by atoms with Gasteiger partial charge in [-0.2, -0.15) is 4.98 Å². The Morgan fingerprint density at radius 3 is 2.79 bits per heavy atom. The summed E-state index contributed by atoms with van der Waals surface area (Å²) in [5.41, 5.74) is -1.03. The van der Waals surface area contributed by atoms with Crippen molar-refractivity contribution < 1.29 is 32.6 Å². The Balaban J connectivity index is 2.00. The molecule has 0 aliphatic carbocycles. The van der Waals surface area contributed by atoms with E-state index in [1.54, 1.807) is 0 Å². The van der Waals surface area contributed by atoms with Crippen molar-refractivity contribution in [2.75, 3.05) is 18.5 Å². The zero-order valence-corrected chi connectivity index (χ0v) is 15.7. The van der Waals surface area contributed by atoms with Crippen LogP contribution in [-0.2, 0) is 19.0 Å². The van der Waals surface area contributed by atoms with Gasteiger partial charge >= 0.3 is 17.8 Å². The van der Waals surface area contributed by atoms with Gasteiger partial charge < -0.3 is 14.2 Å². The number of nitrogens with one attached hydrogen (secondary N) is 1. The number of hydrogen-bond donors (Lipinski definition) is 1. The molecule has 1 aromatic heterocycles. The Morgan fingerprint density at radius 1 is 1.39 bits per heavy atom. The highest BCUT2D eigenvalue weighted by molar-refractivity contribution is 5.83. The lowest BCUT2D eigenvalue weighted by atomic mass is 10.2. The zero-order valence-electron chi connectivity index (χ0n) is 15.7. The lowest BCUT2D eigenvalue weighted by molar-refractivity contribution is -0.148. The van der Waals surface area contributed by atoms with Crippen molar-refractivity contribution in [1.82, 2.24) is 9.55 Å². The molecule has 2 heterocycles. The molecule has 0 spiro atoms. The lowest BCUT2D eigenvalue weighted by Crippen LogP contribution is -2.35. The SMILES string of the molecule is CCCCCOC(=O)Nc1ccn(C2OC(COC(C)=O)CC2(F)F)c(=O)n1. The fourth-order valence-electron chi connectivity index (χ4n) is 2.63. The van der Waals surface area contributed by atoms with Crippen molar-refractivity contribution in [3.8, 4) is 0 Å². The summed E-state index contributed by atoms with van der Waals surface area (Å²) in [6.07, 6.45) is -0.784. The zero-order chi connectivity index (χ0) is 20.7. The van der Waals surface area contributed by atoms with E-state index in [2.05, 4.69) is 15.0 Å². The number of carbonyl (C=O) groups is 2. The Bertz CT molecular complexity index is 755. The molecule has 0 aromatic carbocycles. The molecule has 1 N–H and O–H groups in total. The van der Waals surface area contributed by atoms with Crippen LogP contribution in [0.15, 0.2) is 17.1 Å². The van der Waals surface area contributed by atoms with Crippen LogP contribution in [0, 0.1) is 0 Å². The Morgan fingerprint density at radius 2 is 2.14 bits per heavy atom. The summed E-state index contributed by atoms with van der Waals surface area (Å²) >= 11 is 0. The summed E-state index contributed by atoms with van der Waals surface area (Å²) in [5.74, 6) is -4.10. The van der Waals surface area contributed by atoms with E-state index in [9.17, 15) is 23.2 Å². The fraction of sp³-hybridized carbons (Fsp3) is 0.647. The molecular formula is C17H23F2N3O6. The summed E-state index contributed by atoms with van der Waals surface area (Å²) in [7, 11) is 0. The maximum absolute atomic E-state index is 14.2. The third-order valence-electron chi connectivity index (χ3n) is 3.95. The van der Waals surface area contributed by atoms with Gasteiger partial charge in [-0.05, 0) is 12.5 Å². The highest BCUT2D eigenvalue weighted by Gasteiger charge is 2.52. The topological polar surface area (TPSA) is 109 Å². The van der Waals surface area contributed by atoms with Crippen molar-refractivity contribution in [3.63, 3.8) is 0 Å². The number of nitrogens with zero attached hydrogens (tertiary/aromatic N) is 2. The minimum atomic E-state index is -3.36. The predicted octanol–water partition coefficient (Wildman–Crippen LogP) is 2.47. The summed E-state index contributed by atoms with van der Waals surface area (Å²) in [4.78, 5) is 38.1. The molecule has 11 heteroatoms. The van der Waals surface area contributed by atoms with Crippen molar-refractivity contribution in [2.45, 2.75) is 57.8 Å². The van der Waals surface area contributed by atoms with Crippen LogP contribution < -0.4 is 11.0 Å². The van der Waals surface area contributed by atoms with Crippen molar-refractivity contribution in [1.29, 1.82) is 0 Å². The van der Waals surface area contributed by atoms with Crippen LogP contribution >= 0.6 is 0 Å². The van der Waals surface area contributed by atoms with Crippen LogP contribution in [0.4, 0.5) is 19.4 Å². The molecule has 0 bridgehead atoms. The van der Waals surface area contributed by atoms with Crippen LogP contribution in [0.2, 0.25) is 0 Å². The van der Waals surface area contributed by atoms with E-state index >= 15 is 0 Å². The number of aromatic nitrogens is 2. The van der Waals surface area contributed by atoms with Crippen LogP contribution in [0.1, 0.15) is 45.8 Å². The fourth-order valence-corrected chi connectivity index (χ4v) is 2.63. The van der Waals surface area contributed by atoms with Crippen LogP contribution in [0.25, 0.3) is 0 Å². The first-order valence-electron chi connectivity index (χ1n) is 8.92. The first-order chi connectivity index (χ1) is 13.2. The monoisotopic (exact) mass is 403 g/mol. The van der Waals surface area contributed by atoms with E-state index in [0.717, 1.165) is 26.0 Å². The second kappa shape index (κ2) is 9.58. The van der Waals surface area contributed by atoms with Gasteiger partial charge in [0.2, 0.25) is 6.23 Å². The number of amides is 1. The van der Waals surface area contributed by atoms with E-state index < -0.39 is 42.4 Å². The quantitative estimate of drug-likeness (QED) is 0.525. The molecule has 1 aromatic rings. The van der Waals surface area contributed by atoms with E-state index in [-0.39, 0.29) is 19.0 Å². The second-order valence-electron chi connectivity index (χ2n) is 6.35. The van der Waals surface area contributed by atoms with Gasteiger partial charge in [0, 0.05) is 19.5 Å². The van der Waals surface area contributed by atoms with Crippen molar-refractivity contribution in [2.24, 2.45) is 0 Å². The maximum atomic E-state index is 14.2. The third kappa shape index (κ3) is 5.98. The first kappa shape index (κ1) is 21.7. The van der Waals surface area contributed by atoms with Crippen LogP contribution in [0.3, 0.4) is 0 Å². The standard InChI is InChI=1S/C17H23F2N3O6/c1-3-4-5-8-26-16(25)21-13-6-7-22(15(24)20-13)14-17(18,19)9-12(28-14)10-27-11(2)23/h6-7,12,14H,3-5,8-10H2,1-2H3,(H,20,21,24,25). The first-order valence-corrected chi connectivity index (χ1v) is 8.92. The van der Waals surface area contributed by atoms with Crippen LogP contribution in [-0.4, -0.2) is 46.9 Å². The normalized spacial score (nSPS) is 20.6. The van der Waals surface area contributed by atoms with Gasteiger partial charge in [0.15, 0.2) is 0 Å². The van der Waals surface area contributed by atoms with Gasteiger partial charge in [0.1, 0.15) is 18.5 Å². The number of unbranched alkanes of at least 4 members (excludes halogenated alkanes) is 2. The number of hydrogen-bond acceptors (Lipinski definition) is 7. The van der Waals surface area contributed by atoms with Gasteiger partial charge in [-0.3, -0.25) is 14.7 Å². The highest BCUT2D eigenvalue weighted by atomic mass is 19.3. The number of anilines is 1. The average Bonchev–Trinajstić information content (AvgIpc) is 2.91. The number of ether oxygens (including phenoxy) is 3. The second-order valence-corrected chi connectivity index (χ2v) is 6.35. The molecule has 1 saturated heterocycles. The number of esters is 1. The predicted molar refractivity (Wildman–Crippen MR) is 93.1 cm³/mol. The van der Waals surface area contributed by atoms with Gasteiger partial charge in [-0.25, -0.2) is 18.4 Å². The minimum absolute atomic E-state index is 0.125. The molecule has 9 nitrogen and oxygen atoms in total. The van der Waals surface area contributed by atoms with Crippen molar-refractivity contribution >= 4 is 17.9 Å². The van der Waals surface area contributed by atoms with Crippen molar-refractivity contribution in [3.05, 3.63) is 22.7 Å². The molecule has 1 amide bonds. The number of carbonyl (C=O) groups excluding carboxylic acids is 2. The van der Waals surface area contributed by atoms with Gasteiger partial charge in [0.05, 0.1) is 6.61 Å². The minimum Gasteiger partial charge on any atom is -0.463 e. The summed E-state index contributed by atoms with van der Waals surface area (Å²) in [6, 6.07) is 1.19. The molecule has 0 radical (unpaired) electrons. The summed E-state index contributed by atoms with van der Waals surface area (Å²) in [6.45, 7) is 3.05. The average molecular weight is 403 g/mol. The Labute approximate surface area is 160 Å². The molecule has 156 valence electrons. The van der Waals surface area contributed by atoms with Gasteiger partial charge in [0.25, 0.3) is 5.92 Å². The lowest BCUT2D eigenvalue weighted by Gasteiger charge is -2.19. The molecule has 1 aliphatic heterocycles. The van der Waals surface area contributed by atoms with Gasteiger partial charge in [-0.15, -0.1) is 0 Å².